The number of sulfonamides is 1. The molecule has 19 heteroatoms. The van der Waals surface area contributed by atoms with Gasteiger partial charge in [-0.05, 0) is 102 Å². The van der Waals surface area contributed by atoms with E-state index in [4.69, 9.17) is 4.74 Å². The number of carbonyl (C=O) groups excluding carboxylic acids is 2. The van der Waals surface area contributed by atoms with Crippen molar-refractivity contribution in [2.24, 2.45) is 0 Å². The maximum absolute atomic E-state index is 14.2. The SMILES string of the molecule is CN(C)C1CCN(c2ccc(C(=O)NS(=O)(=O)c3ccc(NC(CCN4CCN(C(=O)OC(C)(C)C)CC4)CSc4ccccc4)c(S(=O)(=O)C(F)(F)F)c3)cc2)C1. The van der Waals surface area contributed by atoms with E-state index in [-0.39, 0.29) is 5.56 Å². The van der Waals surface area contributed by atoms with E-state index in [1.807, 2.05) is 49.1 Å². The minimum Gasteiger partial charge on any atom is -0.444 e. The van der Waals surface area contributed by atoms with E-state index in [2.05, 4.69) is 20.0 Å². The van der Waals surface area contributed by atoms with E-state index in [1.165, 1.54) is 23.9 Å². The molecule has 2 fully saturated rings. The molecule has 0 saturated carbocycles. The van der Waals surface area contributed by atoms with E-state index in [9.17, 15) is 39.6 Å². The molecule has 2 aliphatic heterocycles. The molecule has 2 heterocycles. The van der Waals surface area contributed by atoms with Gasteiger partial charge in [0.15, 0.2) is 0 Å². The number of halogens is 3. The third-order valence-electron chi connectivity index (χ3n) is 9.84. The molecule has 0 aromatic heterocycles. The molecule has 2 atom stereocenters. The third-order valence-corrected chi connectivity index (χ3v) is 13.9. The summed E-state index contributed by atoms with van der Waals surface area (Å²) in [6.45, 7) is 9.26. The number of likely N-dealkylation sites (N-methyl/N-ethyl adjacent to an activating group) is 1. The smallest absolute Gasteiger partial charge is 0.444 e. The molecule has 2 unspecified atom stereocenters. The fourth-order valence-electron chi connectivity index (χ4n) is 6.55. The van der Waals surface area contributed by atoms with E-state index >= 15 is 0 Å². The van der Waals surface area contributed by atoms with Crippen LogP contribution in [0.5, 0.6) is 0 Å². The largest absolute Gasteiger partial charge is 0.501 e. The summed E-state index contributed by atoms with van der Waals surface area (Å²) < 4.78 is 103. The van der Waals surface area contributed by atoms with Crippen molar-refractivity contribution in [2.75, 3.05) is 75.9 Å². The van der Waals surface area contributed by atoms with Crippen LogP contribution in [0, 0.1) is 0 Å². The first kappa shape index (κ1) is 45.1. The van der Waals surface area contributed by atoms with Gasteiger partial charge >= 0.3 is 11.6 Å². The van der Waals surface area contributed by atoms with Crippen LogP contribution in [0.2, 0.25) is 0 Å². The summed E-state index contributed by atoms with van der Waals surface area (Å²) in [6.07, 6.45) is 0.900. The van der Waals surface area contributed by atoms with Crippen molar-refractivity contribution in [1.29, 1.82) is 0 Å². The van der Waals surface area contributed by atoms with Crippen molar-refractivity contribution in [3.63, 3.8) is 0 Å². The molecule has 318 valence electrons. The number of nitrogens with zero attached hydrogens (tertiary/aromatic N) is 4. The lowest BCUT2D eigenvalue weighted by molar-refractivity contribution is -0.0436. The number of piperazine rings is 1. The van der Waals surface area contributed by atoms with Crippen molar-refractivity contribution >= 4 is 55.0 Å². The number of amides is 2. The topological polar surface area (TPSA) is 149 Å². The van der Waals surface area contributed by atoms with Crippen LogP contribution in [0.3, 0.4) is 0 Å². The quantitative estimate of drug-likeness (QED) is 0.190. The number of carbonyl (C=O) groups is 2. The van der Waals surface area contributed by atoms with Gasteiger partial charge in [0.05, 0.1) is 10.6 Å². The van der Waals surface area contributed by atoms with Gasteiger partial charge in [-0.1, -0.05) is 18.2 Å². The first-order valence-corrected chi connectivity index (χ1v) is 22.8. The first-order chi connectivity index (χ1) is 27.1. The summed E-state index contributed by atoms with van der Waals surface area (Å²) in [4.78, 5) is 32.4. The van der Waals surface area contributed by atoms with Crippen LogP contribution in [0.4, 0.5) is 29.3 Å². The number of alkyl halides is 3. The second-order valence-electron chi connectivity index (χ2n) is 15.5. The highest BCUT2D eigenvalue weighted by Crippen LogP contribution is 2.37. The molecule has 3 aromatic carbocycles. The summed E-state index contributed by atoms with van der Waals surface area (Å²) in [5, 5.41) is 2.97. The summed E-state index contributed by atoms with van der Waals surface area (Å²) >= 11 is 1.41. The maximum Gasteiger partial charge on any atom is 0.501 e. The predicted molar refractivity (Wildman–Crippen MR) is 219 cm³/mol. The Morgan fingerprint density at radius 2 is 1.57 bits per heavy atom. The van der Waals surface area contributed by atoms with Crippen LogP contribution in [0.15, 0.2) is 87.5 Å². The molecule has 0 bridgehead atoms. The number of thioether (sulfide) groups is 1. The van der Waals surface area contributed by atoms with Gasteiger partial charge in [0.25, 0.3) is 25.8 Å². The summed E-state index contributed by atoms with van der Waals surface area (Å²) in [5.74, 6) is -0.720. The molecule has 0 aliphatic carbocycles. The predicted octanol–water partition coefficient (Wildman–Crippen LogP) is 5.75. The van der Waals surface area contributed by atoms with Crippen LogP contribution in [0.25, 0.3) is 0 Å². The first-order valence-electron chi connectivity index (χ1n) is 18.8. The Morgan fingerprint density at radius 1 is 0.914 bits per heavy atom. The summed E-state index contributed by atoms with van der Waals surface area (Å²) in [7, 11) is -6.92. The van der Waals surface area contributed by atoms with Crippen molar-refractivity contribution in [2.45, 2.75) is 71.5 Å². The number of rotatable bonds is 14. The van der Waals surface area contributed by atoms with E-state index in [0.717, 1.165) is 42.2 Å². The molecule has 58 heavy (non-hydrogen) atoms. The van der Waals surface area contributed by atoms with Crippen molar-refractivity contribution in [3.8, 4) is 0 Å². The van der Waals surface area contributed by atoms with Crippen LogP contribution in [0.1, 0.15) is 44.0 Å². The number of sulfone groups is 1. The zero-order valence-corrected chi connectivity index (χ0v) is 35.6. The number of hydrogen-bond acceptors (Lipinski definition) is 12. The molecular weight excluding hydrogens is 818 g/mol. The van der Waals surface area contributed by atoms with E-state index in [1.54, 1.807) is 37.8 Å². The third kappa shape index (κ3) is 11.8. The number of ether oxygens (including phenoxy) is 1. The second-order valence-corrected chi connectivity index (χ2v) is 20.2. The Balaban J connectivity index is 1.34. The molecule has 13 nitrogen and oxygen atoms in total. The van der Waals surface area contributed by atoms with Crippen LogP contribution in [-0.4, -0.2) is 132 Å². The lowest BCUT2D eigenvalue weighted by Crippen LogP contribution is -2.50. The van der Waals surface area contributed by atoms with Gasteiger partial charge in [-0.15, -0.1) is 11.8 Å². The number of benzene rings is 3. The maximum atomic E-state index is 14.2. The van der Waals surface area contributed by atoms with Crippen LogP contribution < -0.4 is 14.9 Å². The monoisotopic (exact) mass is 868 g/mol. The van der Waals surface area contributed by atoms with Gasteiger partial charge in [0.1, 0.15) is 10.5 Å². The van der Waals surface area contributed by atoms with Crippen molar-refractivity contribution < 1.29 is 44.3 Å². The van der Waals surface area contributed by atoms with Gasteiger partial charge in [0, 0.05) is 79.8 Å². The van der Waals surface area contributed by atoms with Crippen LogP contribution in [-0.2, 0) is 24.6 Å². The Labute approximate surface area is 343 Å². The van der Waals surface area contributed by atoms with E-state index in [0.29, 0.717) is 57.0 Å². The highest BCUT2D eigenvalue weighted by molar-refractivity contribution is 7.99. The Kier molecular flexibility index (Phi) is 14.4. The zero-order valence-electron chi connectivity index (χ0n) is 33.2. The lowest BCUT2D eigenvalue weighted by atomic mass is 10.2. The van der Waals surface area contributed by atoms with Gasteiger partial charge in [-0.3, -0.25) is 9.69 Å². The van der Waals surface area contributed by atoms with Gasteiger partial charge in [-0.25, -0.2) is 26.4 Å². The fourth-order valence-corrected chi connectivity index (χ4v) is 9.56. The summed E-state index contributed by atoms with van der Waals surface area (Å²) in [5.41, 5.74) is -6.02. The molecule has 3 aromatic rings. The van der Waals surface area contributed by atoms with Gasteiger partial charge in [-0.2, -0.15) is 13.2 Å². The number of nitrogens with one attached hydrogen (secondary N) is 2. The Bertz CT molecular complexity index is 2110. The number of hydrogen-bond donors (Lipinski definition) is 2. The van der Waals surface area contributed by atoms with Gasteiger partial charge in [0.2, 0.25) is 0 Å². The summed E-state index contributed by atoms with van der Waals surface area (Å²) in [6, 6.07) is 17.7. The molecular formula is C39H51F3N6O7S3. The molecule has 2 amide bonds. The lowest BCUT2D eigenvalue weighted by Gasteiger charge is -2.36. The molecule has 2 saturated heterocycles. The fraction of sp³-hybridized carbons (Fsp3) is 0.487. The van der Waals surface area contributed by atoms with Gasteiger partial charge < -0.3 is 24.8 Å². The number of anilines is 2. The normalized spacial score (nSPS) is 17.6. The standard InChI is InChI=1S/C39H51F3N6O7S3/c1-38(2,3)55-37(50)47-23-21-46(22-24-47)19-17-29(27-56-32-9-7-6-8-10-32)43-34-16-15-33(25-35(34)57(51,52)39(40,41)42)58(53,54)44-36(49)28-11-13-30(14-12-28)48-20-18-31(26-48)45(4)5/h6-16,25,29,31,43H,17-24,26-27H2,1-5H3,(H,44,49). The highest BCUT2D eigenvalue weighted by Gasteiger charge is 2.48. The second kappa shape index (κ2) is 18.5. The van der Waals surface area contributed by atoms with Crippen molar-refractivity contribution in [3.05, 3.63) is 78.4 Å². The van der Waals surface area contributed by atoms with Crippen molar-refractivity contribution in [1.82, 2.24) is 19.4 Å². The van der Waals surface area contributed by atoms with Crippen LogP contribution >= 0.6 is 11.8 Å². The highest BCUT2D eigenvalue weighted by atomic mass is 32.2. The molecule has 0 spiro atoms. The molecule has 0 radical (unpaired) electrons. The zero-order chi connectivity index (χ0) is 42.5. The molecule has 2 aliphatic rings. The minimum atomic E-state index is -6.08. The average molecular weight is 869 g/mol. The van der Waals surface area contributed by atoms with E-state index < -0.39 is 64.5 Å². The minimum absolute atomic E-state index is 0.0119. The Hall–Kier alpha value is -4.04. The molecule has 5 rings (SSSR count). The Morgan fingerprint density at radius 3 is 2.16 bits per heavy atom. The average Bonchev–Trinajstić information content (AvgIpc) is 3.66. The molecule has 2 N–H and O–H groups in total.